The first-order chi connectivity index (χ1) is 10.9. The van der Waals surface area contributed by atoms with Crippen LogP contribution in [0.3, 0.4) is 0 Å². The van der Waals surface area contributed by atoms with Gasteiger partial charge in [-0.05, 0) is 43.5 Å². The Morgan fingerprint density at radius 1 is 1.17 bits per heavy atom. The van der Waals surface area contributed by atoms with Gasteiger partial charge in [0.25, 0.3) is 5.91 Å². The van der Waals surface area contributed by atoms with Gasteiger partial charge in [-0.15, -0.1) is 0 Å². The molecule has 2 rings (SSSR count). The molecule has 2 aromatic rings. The minimum absolute atomic E-state index is 0.101. The van der Waals surface area contributed by atoms with Gasteiger partial charge in [0, 0.05) is 5.56 Å². The third-order valence-electron chi connectivity index (χ3n) is 2.94. The summed E-state index contributed by atoms with van der Waals surface area (Å²) in [6.45, 7) is 0. The topological polar surface area (TPSA) is 102 Å². The molecule has 2 aromatic carbocycles. The summed E-state index contributed by atoms with van der Waals surface area (Å²) in [5, 5.41) is 33.1. The Bertz CT molecular complexity index is 751. The molecule has 0 spiro atoms. The lowest BCUT2D eigenvalue weighted by Crippen LogP contribution is -2.25. The molecule has 0 bridgehead atoms. The van der Waals surface area contributed by atoms with Crippen LogP contribution in [0.4, 0.5) is 0 Å². The van der Waals surface area contributed by atoms with Gasteiger partial charge in [0.2, 0.25) is 0 Å². The van der Waals surface area contributed by atoms with Gasteiger partial charge in [0.15, 0.2) is 6.10 Å². The standard InChI is InChI=1S/C15H12Br2N2O4/c16-10-6-9(12(20)11(17)14(10)22)7-18-19-15(23)13(21)8-4-2-1-3-5-8/h1-7,13,20-22H,(H,19,23)/b18-7+. The average Bonchev–Trinajstić information content (AvgIpc) is 2.57. The summed E-state index contributed by atoms with van der Waals surface area (Å²) >= 11 is 6.16. The highest BCUT2D eigenvalue weighted by Gasteiger charge is 2.16. The number of hydrazone groups is 1. The number of benzene rings is 2. The summed E-state index contributed by atoms with van der Waals surface area (Å²) in [6.07, 6.45) is -0.153. The number of carbonyl (C=O) groups is 1. The lowest BCUT2D eigenvalue weighted by atomic mass is 10.1. The maximum atomic E-state index is 11.8. The van der Waals surface area contributed by atoms with Crippen LogP contribution in [0.1, 0.15) is 17.2 Å². The molecular formula is C15H12Br2N2O4. The molecular weight excluding hydrogens is 432 g/mol. The first-order valence-electron chi connectivity index (χ1n) is 6.37. The molecule has 0 aliphatic rings. The Labute approximate surface area is 148 Å². The summed E-state index contributed by atoms with van der Waals surface area (Å²) in [5.41, 5.74) is 2.89. The molecule has 1 unspecified atom stereocenters. The number of halogens is 2. The SMILES string of the molecule is O=C(N/N=C/c1cc(Br)c(O)c(Br)c1O)C(O)c1ccccc1. The molecule has 8 heteroatoms. The number of aliphatic hydroxyl groups excluding tert-OH is 1. The van der Waals surface area contributed by atoms with Crippen molar-refractivity contribution in [2.75, 3.05) is 0 Å². The normalized spacial score (nSPS) is 12.3. The van der Waals surface area contributed by atoms with Crippen molar-refractivity contribution in [3.05, 3.63) is 56.5 Å². The Kier molecular flexibility index (Phi) is 5.75. The Morgan fingerprint density at radius 3 is 2.48 bits per heavy atom. The zero-order chi connectivity index (χ0) is 17.0. The van der Waals surface area contributed by atoms with E-state index in [2.05, 4.69) is 42.4 Å². The minimum atomic E-state index is -1.35. The number of nitrogens with one attached hydrogen (secondary N) is 1. The number of aromatic hydroxyl groups is 2. The van der Waals surface area contributed by atoms with E-state index in [9.17, 15) is 20.1 Å². The highest BCUT2D eigenvalue weighted by molar-refractivity contribution is 9.11. The fourth-order valence-electron chi connectivity index (χ4n) is 1.73. The first kappa shape index (κ1) is 17.5. The quantitative estimate of drug-likeness (QED) is 0.431. The molecule has 0 heterocycles. The van der Waals surface area contributed by atoms with Crippen LogP contribution in [0.15, 0.2) is 50.4 Å². The molecule has 0 radical (unpaired) electrons. The smallest absolute Gasteiger partial charge is 0.273 e. The third kappa shape index (κ3) is 4.10. The lowest BCUT2D eigenvalue weighted by molar-refractivity contribution is -0.129. The molecule has 0 saturated heterocycles. The van der Waals surface area contributed by atoms with E-state index in [4.69, 9.17) is 0 Å². The lowest BCUT2D eigenvalue weighted by Gasteiger charge is -2.09. The molecule has 1 atom stereocenters. The van der Waals surface area contributed by atoms with Crippen molar-refractivity contribution < 1.29 is 20.1 Å². The molecule has 23 heavy (non-hydrogen) atoms. The summed E-state index contributed by atoms with van der Waals surface area (Å²) in [7, 11) is 0. The maximum absolute atomic E-state index is 11.8. The molecule has 0 fully saturated rings. The fraction of sp³-hybridized carbons (Fsp3) is 0.0667. The van der Waals surface area contributed by atoms with Crippen molar-refractivity contribution in [2.24, 2.45) is 5.10 Å². The van der Waals surface area contributed by atoms with Crippen LogP contribution in [0.25, 0.3) is 0 Å². The monoisotopic (exact) mass is 442 g/mol. The van der Waals surface area contributed by atoms with E-state index in [1.54, 1.807) is 30.3 Å². The van der Waals surface area contributed by atoms with Crippen molar-refractivity contribution in [1.29, 1.82) is 0 Å². The van der Waals surface area contributed by atoms with Crippen LogP contribution in [-0.4, -0.2) is 27.4 Å². The highest BCUT2D eigenvalue weighted by Crippen LogP contribution is 2.40. The van der Waals surface area contributed by atoms with Crippen LogP contribution in [0.2, 0.25) is 0 Å². The number of phenols is 2. The van der Waals surface area contributed by atoms with Gasteiger partial charge in [-0.2, -0.15) is 5.10 Å². The zero-order valence-electron chi connectivity index (χ0n) is 11.6. The number of rotatable bonds is 4. The van der Waals surface area contributed by atoms with Crippen LogP contribution < -0.4 is 5.43 Å². The fourth-order valence-corrected chi connectivity index (χ4v) is 2.88. The third-order valence-corrected chi connectivity index (χ3v) is 4.30. The van der Waals surface area contributed by atoms with Gasteiger partial charge in [0.1, 0.15) is 16.0 Å². The number of carbonyl (C=O) groups excluding carboxylic acids is 1. The summed E-state index contributed by atoms with van der Waals surface area (Å²) in [6, 6.07) is 9.85. The molecule has 0 saturated carbocycles. The van der Waals surface area contributed by atoms with Gasteiger partial charge in [0.05, 0.1) is 10.7 Å². The Morgan fingerprint density at radius 2 is 1.83 bits per heavy atom. The molecule has 1 amide bonds. The molecule has 120 valence electrons. The number of nitrogens with zero attached hydrogens (tertiary/aromatic N) is 1. The summed E-state index contributed by atoms with van der Waals surface area (Å²) in [5.74, 6) is -1.08. The zero-order valence-corrected chi connectivity index (χ0v) is 14.7. The molecule has 0 aromatic heterocycles. The summed E-state index contributed by atoms with van der Waals surface area (Å²) < 4.78 is 0.447. The van der Waals surface area contributed by atoms with Crippen molar-refractivity contribution in [2.45, 2.75) is 6.10 Å². The van der Waals surface area contributed by atoms with Gasteiger partial charge in [-0.1, -0.05) is 30.3 Å². The second-order valence-electron chi connectivity index (χ2n) is 4.51. The van der Waals surface area contributed by atoms with Crippen LogP contribution in [0, 0.1) is 0 Å². The predicted molar refractivity (Wildman–Crippen MR) is 92.3 cm³/mol. The van der Waals surface area contributed by atoms with E-state index in [1.165, 1.54) is 12.3 Å². The highest BCUT2D eigenvalue weighted by atomic mass is 79.9. The second kappa shape index (κ2) is 7.58. The van der Waals surface area contributed by atoms with Crippen molar-refractivity contribution in [3.8, 4) is 11.5 Å². The molecule has 0 aliphatic carbocycles. The van der Waals surface area contributed by atoms with Gasteiger partial charge >= 0.3 is 0 Å². The van der Waals surface area contributed by atoms with Gasteiger partial charge in [-0.3, -0.25) is 4.79 Å². The van der Waals surface area contributed by atoms with Crippen LogP contribution >= 0.6 is 31.9 Å². The van der Waals surface area contributed by atoms with Crippen molar-refractivity contribution >= 4 is 44.0 Å². The largest absolute Gasteiger partial charge is 0.506 e. The van der Waals surface area contributed by atoms with E-state index in [0.29, 0.717) is 10.0 Å². The number of hydrogen-bond acceptors (Lipinski definition) is 5. The number of aliphatic hydroxyl groups is 1. The predicted octanol–water partition coefficient (Wildman–Crippen LogP) is 2.81. The van der Waals surface area contributed by atoms with E-state index >= 15 is 0 Å². The number of hydrogen-bond donors (Lipinski definition) is 4. The maximum Gasteiger partial charge on any atom is 0.273 e. The van der Waals surface area contributed by atoms with Crippen LogP contribution in [0.5, 0.6) is 11.5 Å². The molecule has 4 N–H and O–H groups in total. The number of amides is 1. The van der Waals surface area contributed by atoms with Gasteiger partial charge < -0.3 is 15.3 Å². The minimum Gasteiger partial charge on any atom is -0.506 e. The van der Waals surface area contributed by atoms with E-state index in [0.717, 1.165) is 0 Å². The Balaban J connectivity index is 2.09. The van der Waals surface area contributed by atoms with E-state index in [-0.39, 0.29) is 21.5 Å². The van der Waals surface area contributed by atoms with Crippen LogP contribution in [-0.2, 0) is 4.79 Å². The second-order valence-corrected chi connectivity index (χ2v) is 6.15. The van der Waals surface area contributed by atoms with Gasteiger partial charge in [-0.25, -0.2) is 5.43 Å². The van der Waals surface area contributed by atoms with Crippen molar-refractivity contribution in [1.82, 2.24) is 5.43 Å². The molecule has 0 aliphatic heterocycles. The number of phenolic OH excluding ortho intramolecular Hbond substituents is 2. The van der Waals surface area contributed by atoms with Crippen molar-refractivity contribution in [3.63, 3.8) is 0 Å². The summed E-state index contributed by atoms with van der Waals surface area (Å²) in [4.78, 5) is 11.8. The van der Waals surface area contributed by atoms with E-state index in [1.807, 2.05) is 0 Å². The first-order valence-corrected chi connectivity index (χ1v) is 7.96. The Hall–Kier alpha value is -1.90. The van der Waals surface area contributed by atoms with E-state index < -0.39 is 12.0 Å². The molecule has 6 nitrogen and oxygen atoms in total. The average molecular weight is 444 g/mol.